The van der Waals surface area contributed by atoms with Crippen molar-refractivity contribution in [2.75, 3.05) is 4.72 Å². The second-order valence-electron chi connectivity index (χ2n) is 5.36. The Kier molecular flexibility index (Phi) is 5.40. The van der Waals surface area contributed by atoms with Crippen molar-refractivity contribution in [3.05, 3.63) is 88.9 Å². The monoisotopic (exact) mass is 417 g/mol. The second kappa shape index (κ2) is 7.72. The minimum atomic E-state index is -3.61. The molecule has 0 spiro atoms. The molecular weight excluding hydrogens is 402 g/mol. The highest BCUT2D eigenvalue weighted by atomic mass is 79.9. The lowest BCUT2D eigenvalue weighted by atomic mass is 10.2. The Hall–Kier alpha value is -2.31. The van der Waals surface area contributed by atoms with Crippen LogP contribution in [0.4, 0.5) is 5.69 Å². The van der Waals surface area contributed by atoms with Crippen molar-refractivity contribution in [2.24, 2.45) is 0 Å². The lowest BCUT2D eigenvalue weighted by molar-refractivity contribution is 0.306. The number of hydrogen-bond donors (Lipinski definition) is 1. The van der Waals surface area contributed by atoms with Crippen molar-refractivity contribution in [2.45, 2.75) is 11.5 Å². The predicted octanol–water partition coefficient (Wildman–Crippen LogP) is 4.83. The summed E-state index contributed by atoms with van der Waals surface area (Å²) < 4.78 is 33.8. The number of rotatable bonds is 6. The quantitative estimate of drug-likeness (QED) is 0.624. The van der Waals surface area contributed by atoms with Gasteiger partial charge in [0.1, 0.15) is 12.4 Å². The lowest BCUT2D eigenvalue weighted by Gasteiger charge is -2.10. The van der Waals surface area contributed by atoms with Crippen LogP contribution in [0.1, 0.15) is 5.56 Å². The summed E-state index contributed by atoms with van der Waals surface area (Å²) in [5, 5.41) is 0. The summed E-state index contributed by atoms with van der Waals surface area (Å²) >= 11 is 3.29. The molecule has 0 unspecified atom stereocenters. The van der Waals surface area contributed by atoms with Gasteiger partial charge in [0.25, 0.3) is 10.0 Å². The molecule has 3 rings (SSSR count). The predicted molar refractivity (Wildman–Crippen MR) is 102 cm³/mol. The summed E-state index contributed by atoms with van der Waals surface area (Å²) in [6, 6.07) is 23.1. The standard InChI is InChI=1S/C19H16BrNO3S/c20-16-6-12-19(13-7-16)25(22,23)21-17-8-10-18(11-9-17)24-14-15-4-2-1-3-5-15/h1-13,21H,14H2. The second-order valence-corrected chi connectivity index (χ2v) is 7.96. The first-order valence-electron chi connectivity index (χ1n) is 7.58. The van der Waals surface area contributed by atoms with Crippen molar-refractivity contribution in [3.8, 4) is 5.75 Å². The fraction of sp³-hybridized carbons (Fsp3) is 0.0526. The maximum atomic E-state index is 12.4. The fourth-order valence-corrected chi connectivity index (χ4v) is 3.51. The van der Waals surface area contributed by atoms with Gasteiger partial charge in [-0.2, -0.15) is 0 Å². The number of halogens is 1. The Balaban J connectivity index is 1.65. The molecule has 0 fully saturated rings. The van der Waals surface area contributed by atoms with Gasteiger partial charge in [-0.05, 0) is 54.1 Å². The number of hydrogen-bond acceptors (Lipinski definition) is 3. The first-order valence-corrected chi connectivity index (χ1v) is 9.86. The van der Waals surface area contributed by atoms with Crippen molar-refractivity contribution >= 4 is 31.6 Å². The number of benzene rings is 3. The van der Waals surface area contributed by atoms with Crippen molar-refractivity contribution in [3.63, 3.8) is 0 Å². The van der Waals surface area contributed by atoms with E-state index in [2.05, 4.69) is 20.7 Å². The summed E-state index contributed by atoms with van der Waals surface area (Å²) in [4.78, 5) is 0.208. The normalized spacial score (nSPS) is 11.1. The molecule has 4 nitrogen and oxygen atoms in total. The van der Waals surface area contributed by atoms with Crippen LogP contribution in [0.25, 0.3) is 0 Å². The average molecular weight is 418 g/mol. The van der Waals surface area contributed by atoms with Crippen molar-refractivity contribution in [1.29, 1.82) is 0 Å². The van der Waals surface area contributed by atoms with Gasteiger partial charge in [-0.1, -0.05) is 46.3 Å². The van der Waals surface area contributed by atoms with Gasteiger partial charge in [-0.15, -0.1) is 0 Å². The van der Waals surface area contributed by atoms with Crippen LogP contribution in [-0.2, 0) is 16.6 Å². The molecular formula is C19H16BrNO3S. The van der Waals surface area contributed by atoms with Crippen LogP contribution in [-0.4, -0.2) is 8.42 Å². The molecule has 0 aliphatic rings. The maximum Gasteiger partial charge on any atom is 0.261 e. The molecule has 0 radical (unpaired) electrons. The first-order chi connectivity index (χ1) is 12.0. The first kappa shape index (κ1) is 17.5. The Morgan fingerprint density at radius 1 is 0.840 bits per heavy atom. The van der Waals surface area contributed by atoms with Crippen LogP contribution in [0.2, 0.25) is 0 Å². The third-order valence-corrected chi connectivity index (χ3v) is 5.40. The molecule has 0 aliphatic heterocycles. The maximum absolute atomic E-state index is 12.4. The Bertz CT molecular complexity index is 925. The van der Waals surface area contributed by atoms with Crippen LogP contribution in [0.15, 0.2) is 88.2 Å². The molecule has 1 N–H and O–H groups in total. The zero-order valence-corrected chi connectivity index (χ0v) is 15.6. The van der Waals surface area contributed by atoms with E-state index in [0.717, 1.165) is 10.0 Å². The highest BCUT2D eigenvalue weighted by Crippen LogP contribution is 2.21. The van der Waals surface area contributed by atoms with E-state index in [9.17, 15) is 8.42 Å². The summed E-state index contributed by atoms with van der Waals surface area (Å²) in [5.74, 6) is 0.676. The molecule has 0 aliphatic carbocycles. The molecule has 6 heteroatoms. The average Bonchev–Trinajstić information content (AvgIpc) is 2.62. The van der Waals surface area contributed by atoms with Crippen molar-refractivity contribution < 1.29 is 13.2 Å². The van der Waals surface area contributed by atoms with Crippen LogP contribution >= 0.6 is 15.9 Å². The van der Waals surface area contributed by atoms with E-state index in [1.54, 1.807) is 48.5 Å². The highest BCUT2D eigenvalue weighted by molar-refractivity contribution is 9.10. The zero-order valence-electron chi connectivity index (χ0n) is 13.2. The molecule has 0 atom stereocenters. The van der Waals surface area contributed by atoms with Gasteiger partial charge in [-0.25, -0.2) is 8.42 Å². The molecule has 0 aromatic heterocycles. The molecule has 128 valence electrons. The van der Waals surface area contributed by atoms with Gasteiger partial charge in [0.05, 0.1) is 4.90 Å². The Morgan fingerprint density at radius 2 is 1.48 bits per heavy atom. The van der Waals surface area contributed by atoms with Crippen LogP contribution in [0.5, 0.6) is 5.75 Å². The summed E-state index contributed by atoms with van der Waals surface area (Å²) in [7, 11) is -3.61. The fourth-order valence-electron chi connectivity index (χ4n) is 2.19. The number of ether oxygens (including phenoxy) is 1. The van der Waals surface area contributed by atoms with Gasteiger partial charge in [0.15, 0.2) is 0 Å². The van der Waals surface area contributed by atoms with Gasteiger partial charge in [0, 0.05) is 10.2 Å². The summed E-state index contributed by atoms with van der Waals surface area (Å²) in [5.41, 5.74) is 1.55. The van der Waals surface area contributed by atoms with Gasteiger partial charge >= 0.3 is 0 Å². The summed E-state index contributed by atoms with van der Waals surface area (Å²) in [6.07, 6.45) is 0. The molecule has 3 aromatic rings. The minimum Gasteiger partial charge on any atom is -0.489 e. The molecule has 0 saturated heterocycles. The Morgan fingerprint density at radius 3 is 2.12 bits per heavy atom. The van der Waals surface area contributed by atoms with Gasteiger partial charge in [-0.3, -0.25) is 4.72 Å². The van der Waals surface area contributed by atoms with Crippen LogP contribution in [0.3, 0.4) is 0 Å². The Labute approximate surface area is 155 Å². The van der Waals surface area contributed by atoms with E-state index >= 15 is 0 Å². The number of sulfonamides is 1. The zero-order chi connectivity index (χ0) is 17.7. The smallest absolute Gasteiger partial charge is 0.261 e. The van der Waals surface area contributed by atoms with Gasteiger partial charge < -0.3 is 4.74 Å². The van der Waals surface area contributed by atoms with E-state index in [1.165, 1.54) is 0 Å². The molecule has 0 heterocycles. The molecule has 25 heavy (non-hydrogen) atoms. The van der Waals surface area contributed by atoms with E-state index in [1.807, 2.05) is 30.3 Å². The van der Waals surface area contributed by atoms with E-state index in [0.29, 0.717) is 18.0 Å². The van der Waals surface area contributed by atoms with E-state index in [4.69, 9.17) is 4.74 Å². The van der Waals surface area contributed by atoms with Gasteiger partial charge in [0.2, 0.25) is 0 Å². The molecule has 0 saturated carbocycles. The minimum absolute atomic E-state index is 0.208. The third-order valence-electron chi connectivity index (χ3n) is 3.48. The number of nitrogens with one attached hydrogen (secondary N) is 1. The largest absolute Gasteiger partial charge is 0.489 e. The lowest BCUT2D eigenvalue weighted by Crippen LogP contribution is -2.12. The van der Waals surface area contributed by atoms with E-state index < -0.39 is 10.0 Å². The van der Waals surface area contributed by atoms with Crippen LogP contribution < -0.4 is 9.46 Å². The van der Waals surface area contributed by atoms with Crippen LogP contribution in [0, 0.1) is 0 Å². The topological polar surface area (TPSA) is 55.4 Å². The molecule has 0 amide bonds. The van der Waals surface area contributed by atoms with Crippen molar-refractivity contribution in [1.82, 2.24) is 0 Å². The number of anilines is 1. The molecule has 0 bridgehead atoms. The van der Waals surface area contributed by atoms with E-state index in [-0.39, 0.29) is 4.90 Å². The third kappa shape index (κ3) is 4.84. The molecule has 3 aromatic carbocycles. The highest BCUT2D eigenvalue weighted by Gasteiger charge is 2.13. The summed E-state index contributed by atoms with van der Waals surface area (Å²) in [6.45, 7) is 0.463. The SMILES string of the molecule is O=S(=O)(Nc1ccc(OCc2ccccc2)cc1)c1ccc(Br)cc1.